The van der Waals surface area contributed by atoms with Crippen molar-refractivity contribution in [2.45, 2.75) is 25.9 Å². The monoisotopic (exact) mass is 148 g/mol. The van der Waals surface area contributed by atoms with Crippen LogP contribution in [-0.2, 0) is 4.74 Å². The molecule has 0 aliphatic heterocycles. The molecule has 10 heavy (non-hydrogen) atoms. The van der Waals surface area contributed by atoms with Gasteiger partial charge in [0.05, 0.1) is 6.61 Å². The molecule has 0 aromatic carbocycles. The first-order valence-electron chi connectivity index (χ1n) is 3.01. The van der Waals surface area contributed by atoms with E-state index in [0.29, 0.717) is 19.8 Å². The summed E-state index contributed by atoms with van der Waals surface area (Å²) in [5.74, 6) is 2.33. The Morgan fingerprint density at radius 3 is 2.60 bits per heavy atom. The highest BCUT2D eigenvalue weighted by Crippen LogP contribution is 2.13. The molecule has 0 atom stereocenters. The van der Waals surface area contributed by atoms with E-state index < -0.39 is 6.11 Å². The van der Waals surface area contributed by atoms with Gasteiger partial charge < -0.3 is 4.74 Å². The van der Waals surface area contributed by atoms with E-state index in [1.54, 1.807) is 0 Å². The van der Waals surface area contributed by atoms with Crippen LogP contribution in [0.5, 0.6) is 0 Å². The van der Waals surface area contributed by atoms with E-state index in [9.17, 15) is 8.78 Å². The number of unbranched alkanes of at least 4 members (excludes halogenated alkanes) is 1. The topological polar surface area (TPSA) is 9.23 Å². The Bertz CT molecular complexity index is 121. The lowest BCUT2D eigenvalue weighted by molar-refractivity contribution is -0.224. The van der Waals surface area contributed by atoms with Crippen molar-refractivity contribution in [1.82, 2.24) is 0 Å². The average Bonchev–Trinajstić information content (AvgIpc) is 1.78. The fourth-order valence-electron chi connectivity index (χ4n) is 0.426. The van der Waals surface area contributed by atoms with E-state index in [-0.39, 0.29) is 6.61 Å². The summed E-state index contributed by atoms with van der Waals surface area (Å²) >= 11 is 0. The normalized spacial score (nSPS) is 11.0. The second kappa shape index (κ2) is 4.24. The minimum atomic E-state index is -3.02. The molecule has 0 rings (SSSR count). The molecule has 0 aliphatic rings. The SMILES string of the molecule is C#CCCCOC(C)(F)F. The molecule has 0 aromatic rings. The molecule has 0 fully saturated rings. The first-order valence-corrected chi connectivity index (χ1v) is 3.01. The van der Waals surface area contributed by atoms with Crippen LogP contribution in [0.2, 0.25) is 0 Å². The van der Waals surface area contributed by atoms with E-state index in [4.69, 9.17) is 6.42 Å². The van der Waals surface area contributed by atoms with Gasteiger partial charge >= 0.3 is 6.11 Å². The third-order valence-corrected chi connectivity index (χ3v) is 0.821. The summed E-state index contributed by atoms with van der Waals surface area (Å²) in [7, 11) is 0. The van der Waals surface area contributed by atoms with Gasteiger partial charge in [-0.2, -0.15) is 8.78 Å². The molecule has 0 N–H and O–H groups in total. The zero-order valence-corrected chi connectivity index (χ0v) is 5.86. The number of terminal acetylenes is 1. The molecule has 58 valence electrons. The number of rotatable bonds is 4. The van der Waals surface area contributed by atoms with Crippen molar-refractivity contribution >= 4 is 0 Å². The molecule has 0 saturated carbocycles. The Hall–Kier alpha value is -0.620. The number of ether oxygens (including phenoxy) is 1. The van der Waals surface area contributed by atoms with Gasteiger partial charge in [-0.25, -0.2) is 0 Å². The second-order valence-electron chi connectivity index (χ2n) is 1.96. The third kappa shape index (κ3) is 7.38. The molecule has 0 radical (unpaired) electrons. The van der Waals surface area contributed by atoms with Crippen molar-refractivity contribution in [1.29, 1.82) is 0 Å². The number of halogens is 2. The summed E-state index contributed by atoms with van der Waals surface area (Å²) in [5.41, 5.74) is 0. The zero-order chi connectivity index (χ0) is 8.04. The lowest BCUT2D eigenvalue weighted by atomic mass is 10.3. The smallest absolute Gasteiger partial charge is 0.321 e. The van der Waals surface area contributed by atoms with Crippen molar-refractivity contribution in [3.05, 3.63) is 0 Å². The third-order valence-electron chi connectivity index (χ3n) is 0.821. The van der Waals surface area contributed by atoms with Gasteiger partial charge in [-0.05, 0) is 6.42 Å². The first kappa shape index (κ1) is 9.38. The fraction of sp³-hybridized carbons (Fsp3) is 0.714. The highest BCUT2D eigenvalue weighted by Gasteiger charge is 2.20. The molecule has 0 aliphatic carbocycles. The summed E-state index contributed by atoms with van der Waals surface area (Å²) in [6, 6.07) is 0. The average molecular weight is 148 g/mol. The van der Waals surface area contributed by atoms with Crippen LogP contribution in [0.4, 0.5) is 8.78 Å². The molecule has 0 bridgehead atoms. The predicted molar refractivity (Wildman–Crippen MR) is 34.6 cm³/mol. The lowest BCUT2D eigenvalue weighted by Gasteiger charge is -2.09. The molecule has 0 heterocycles. The Labute approximate surface area is 59.4 Å². The number of hydrogen-bond donors (Lipinski definition) is 0. The highest BCUT2D eigenvalue weighted by molar-refractivity contribution is 4.82. The van der Waals surface area contributed by atoms with E-state index in [2.05, 4.69) is 10.7 Å². The lowest BCUT2D eigenvalue weighted by Crippen LogP contribution is -2.15. The van der Waals surface area contributed by atoms with Crippen molar-refractivity contribution in [3.8, 4) is 12.3 Å². The van der Waals surface area contributed by atoms with E-state index in [1.165, 1.54) is 0 Å². The van der Waals surface area contributed by atoms with Gasteiger partial charge in [0.1, 0.15) is 0 Å². The minimum absolute atomic E-state index is 0.0215. The van der Waals surface area contributed by atoms with Crippen molar-refractivity contribution in [2.24, 2.45) is 0 Å². The van der Waals surface area contributed by atoms with E-state index >= 15 is 0 Å². The number of alkyl halides is 2. The van der Waals surface area contributed by atoms with Gasteiger partial charge in [0.25, 0.3) is 0 Å². The highest BCUT2D eigenvalue weighted by atomic mass is 19.3. The van der Waals surface area contributed by atoms with Gasteiger partial charge in [-0.3, -0.25) is 0 Å². The second-order valence-corrected chi connectivity index (χ2v) is 1.96. The van der Waals surface area contributed by atoms with Crippen LogP contribution in [0.15, 0.2) is 0 Å². The van der Waals surface area contributed by atoms with Crippen molar-refractivity contribution in [3.63, 3.8) is 0 Å². The molecule has 0 amide bonds. The molecular formula is C7H10F2O. The van der Waals surface area contributed by atoms with Crippen LogP contribution >= 0.6 is 0 Å². The summed E-state index contributed by atoms with van der Waals surface area (Å²) < 4.78 is 27.9. The summed E-state index contributed by atoms with van der Waals surface area (Å²) in [5, 5.41) is 0. The minimum Gasteiger partial charge on any atom is -0.321 e. The maximum absolute atomic E-state index is 11.9. The van der Waals surface area contributed by atoms with Crippen LogP contribution in [0, 0.1) is 12.3 Å². The molecule has 0 saturated heterocycles. The van der Waals surface area contributed by atoms with Crippen LogP contribution < -0.4 is 0 Å². The molecule has 3 heteroatoms. The predicted octanol–water partition coefficient (Wildman–Crippen LogP) is 2.03. The van der Waals surface area contributed by atoms with Crippen molar-refractivity contribution in [2.75, 3.05) is 6.61 Å². The van der Waals surface area contributed by atoms with Gasteiger partial charge in [0, 0.05) is 13.3 Å². The van der Waals surface area contributed by atoms with E-state index in [0.717, 1.165) is 0 Å². The van der Waals surface area contributed by atoms with Gasteiger partial charge in [-0.1, -0.05) is 0 Å². The maximum atomic E-state index is 11.9. The van der Waals surface area contributed by atoms with Gasteiger partial charge in [0.2, 0.25) is 0 Å². The largest absolute Gasteiger partial charge is 0.352 e. The standard InChI is InChI=1S/C7H10F2O/c1-3-4-5-6-10-7(2,8)9/h1H,4-6H2,2H3. The maximum Gasteiger partial charge on any atom is 0.352 e. The first-order chi connectivity index (χ1) is 4.56. The van der Waals surface area contributed by atoms with Crippen LogP contribution in [0.25, 0.3) is 0 Å². The van der Waals surface area contributed by atoms with Gasteiger partial charge in [-0.15, -0.1) is 12.3 Å². The Morgan fingerprint density at radius 1 is 1.60 bits per heavy atom. The van der Waals surface area contributed by atoms with Crippen LogP contribution in [0.3, 0.4) is 0 Å². The fourth-order valence-corrected chi connectivity index (χ4v) is 0.426. The molecule has 0 spiro atoms. The number of hydrogen-bond acceptors (Lipinski definition) is 1. The molecule has 0 aromatic heterocycles. The Balaban J connectivity index is 3.14. The molecule has 0 unspecified atom stereocenters. The Kier molecular flexibility index (Phi) is 3.97. The zero-order valence-electron chi connectivity index (χ0n) is 5.86. The van der Waals surface area contributed by atoms with Crippen molar-refractivity contribution < 1.29 is 13.5 Å². The van der Waals surface area contributed by atoms with Crippen LogP contribution in [-0.4, -0.2) is 12.7 Å². The quantitative estimate of drug-likeness (QED) is 0.438. The Morgan fingerprint density at radius 2 is 2.20 bits per heavy atom. The van der Waals surface area contributed by atoms with Gasteiger partial charge in [0.15, 0.2) is 0 Å². The molecular weight excluding hydrogens is 138 g/mol. The summed E-state index contributed by atoms with van der Waals surface area (Å²) in [4.78, 5) is 0. The summed E-state index contributed by atoms with van der Waals surface area (Å²) in [6.07, 6.45) is 2.83. The molecule has 1 nitrogen and oxygen atoms in total. The summed E-state index contributed by atoms with van der Waals surface area (Å²) in [6.45, 7) is 0.733. The van der Waals surface area contributed by atoms with Crippen LogP contribution in [0.1, 0.15) is 19.8 Å². The van der Waals surface area contributed by atoms with E-state index in [1.807, 2.05) is 0 Å².